The van der Waals surface area contributed by atoms with Crippen LogP contribution in [-0.4, -0.2) is 111 Å². The predicted octanol–water partition coefficient (Wildman–Crippen LogP) is 3.94. The SMILES string of the molecule is CC(=O)O[C@H]1C(=O)[C@@]2(C)C([C@H](OC(=O)c3ccccc3)[C@]3(O)C[C@H](OC(=O)[C@H](O)[C@@H](NC(=O)c4ccc(C(C)=O)cc4)c4ccccc4)C(C)=C1C3(C)C)[C@]1(OC(C)=O)CO[C@@H]1C[C@@H]2O. The maximum Gasteiger partial charge on any atom is 0.338 e. The number of fused-ring (bicyclic) bond motifs is 5. The van der Waals surface area contributed by atoms with E-state index in [0.717, 1.165) is 13.8 Å². The van der Waals surface area contributed by atoms with E-state index in [4.69, 9.17) is 23.7 Å². The molecule has 1 aliphatic heterocycles. The number of aliphatic hydroxyl groups excluding tert-OH is 2. The van der Waals surface area contributed by atoms with Crippen LogP contribution in [0.2, 0.25) is 0 Å². The molecule has 4 aliphatic rings. The second-order valence-electron chi connectivity index (χ2n) is 18.1. The zero-order chi connectivity index (χ0) is 47.4. The van der Waals surface area contributed by atoms with E-state index in [-0.39, 0.29) is 41.1 Å². The molecule has 3 fully saturated rings. The van der Waals surface area contributed by atoms with Crippen LogP contribution in [0.1, 0.15) is 104 Å². The summed E-state index contributed by atoms with van der Waals surface area (Å²) in [5.41, 5.74) is -7.00. The molecule has 1 unspecified atom stereocenters. The molecule has 1 amide bonds. The minimum atomic E-state index is -2.42. The van der Waals surface area contributed by atoms with Gasteiger partial charge in [0.05, 0.1) is 35.6 Å². The maximum absolute atomic E-state index is 15.5. The Morgan fingerprint density at radius 1 is 0.800 bits per heavy atom. The van der Waals surface area contributed by atoms with Crippen LogP contribution in [0.3, 0.4) is 0 Å². The number of hydrogen-bond donors (Lipinski definition) is 4. The molecule has 7 rings (SSSR count). The minimum Gasteiger partial charge on any atom is -0.456 e. The summed E-state index contributed by atoms with van der Waals surface area (Å²) in [4.78, 5) is 95.7. The molecule has 3 aromatic carbocycles. The summed E-state index contributed by atoms with van der Waals surface area (Å²) in [5.74, 6) is -7.29. The second kappa shape index (κ2) is 17.4. The maximum atomic E-state index is 15.5. The Labute approximate surface area is 375 Å². The summed E-state index contributed by atoms with van der Waals surface area (Å²) in [6.07, 6.45) is -10.7. The third-order valence-electron chi connectivity index (χ3n) is 14.0. The molecule has 0 spiro atoms. The number of ketones is 2. The molecule has 2 bridgehead atoms. The molecule has 16 heteroatoms. The van der Waals surface area contributed by atoms with Crippen LogP contribution in [-0.2, 0) is 42.9 Å². The van der Waals surface area contributed by atoms with Crippen LogP contribution in [0.4, 0.5) is 0 Å². The van der Waals surface area contributed by atoms with Crippen LogP contribution in [0.25, 0.3) is 0 Å². The van der Waals surface area contributed by atoms with E-state index < -0.39 is 113 Å². The topological polar surface area (TPSA) is 238 Å². The first-order valence-electron chi connectivity index (χ1n) is 21.3. The van der Waals surface area contributed by atoms with Gasteiger partial charge >= 0.3 is 23.9 Å². The fourth-order valence-electron chi connectivity index (χ4n) is 10.4. The summed E-state index contributed by atoms with van der Waals surface area (Å²) in [6, 6.07) is 20.3. The highest BCUT2D eigenvalue weighted by Crippen LogP contribution is 2.64. The minimum absolute atomic E-state index is 0.0261. The van der Waals surface area contributed by atoms with E-state index in [0.29, 0.717) is 11.1 Å². The van der Waals surface area contributed by atoms with Gasteiger partial charge in [-0.1, -0.05) is 74.5 Å². The van der Waals surface area contributed by atoms with Gasteiger partial charge in [0.15, 0.2) is 29.4 Å². The Morgan fingerprint density at radius 2 is 1.40 bits per heavy atom. The third-order valence-corrected chi connectivity index (χ3v) is 14.0. The van der Waals surface area contributed by atoms with E-state index in [2.05, 4.69) is 5.32 Å². The molecule has 3 aromatic rings. The van der Waals surface area contributed by atoms with Crippen molar-refractivity contribution in [1.82, 2.24) is 5.32 Å². The number of rotatable bonds is 11. The smallest absolute Gasteiger partial charge is 0.338 e. The van der Waals surface area contributed by atoms with Crippen molar-refractivity contribution in [2.75, 3.05) is 6.61 Å². The summed E-state index contributed by atoms with van der Waals surface area (Å²) in [6.45, 7) is 9.26. The number of amides is 1. The lowest BCUT2D eigenvalue weighted by atomic mass is 9.44. The zero-order valence-electron chi connectivity index (χ0n) is 37.1. The van der Waals surface area contributed by atoms with Gasteiger partial charge in [-0.2, -0.15) is 0 Å². The fourth-order valence-corrected chi connectivity index (χ4v) is 10.4. The third kappa shape index (κ3) is 7.96. The van der Waals surface area contributed by atoms with Crippen LogP contribution in [0.5, 0.6) is 0 Å². The molecule has 1 heterocycles. The quantitative estimate of drug-likeness (QED) is 0.0923. The van der Waals surface area contributed by atoms with Crippen molar-refractivity contribution in [2.45, 2.75) is 115 Å². The average Bonchev–Trinajstić information content (AvgIpc) is 3.26. The Kier molecular flexibility index (Phi) is 12.5. The molecule has 0 radical (unpaired) electrons. The summed E-state index contributed by atoms with van der Waals surface area (Å²) < 4.78 is 30.3. The standard InChI is InChI=1S/C49H53NO15/c1-25-33(63-45(59)38(55)37(30-14-10-8-11-15-30)50-43(57)31-20-18-29(19-21-31)26(2)51)23-49(60)42(64-44(58)32-16-12-9-13-17-32)40-47(7,34(54)22-35-48(40,24-61-35)65-28(4)53)41(56)39(62-27(3)52)36(25)46(49,5)6/h8-21,33-35,37-40,42,54-55,60H,22-24H2,1-7H3,(H,50,57)/t33-,34-,35+,37-,38+,39+,40?,42-,47+,48-,49+/m0/s1. The molecule has 4 N–H and O–H groups in total. The molecule has 3 aliphatic carbocycles. The largest absolute Gasteiger partial charge is 0.456 e. The first-order valence-corrected chi connectivity index (χ1v) is 21.3. The summed E-state index contributed by atoms with van der Waals surface area (Å²) >= 11 is 0. The number of aliphatic hydroxyl groups is 3. The van der Waals surface area contributed by atoms with E-state index in [1.165, 1.54) is 57.2 Å². The van der Waals surface area contributed by atoms with Gasteiger partial charge < -0.3 is 44.3 Å². The van der Waals surface area contributed by atoms with Gasteiger partial charge in [-0.15, -0.1) is 0 Å². The molecular formula is C49H53NO15. The molecule has 0 aromatic heterocycles. The molecule has 16 nitrogen and oxygen atoms in total. The van der Waals surface area contributed by atoms with Crippen molar-refractivity contribution in [1.29, 1.82) is 0 Å². The van der Waals surface area contributed by atoms with Crippen molar-refractivity contribution in [2.24, 2.45) is 16.7 Å². The number of nitrogens with one attached hydrogen (secondary N) is 1. The number of Topliss-reactive ketones (excluding diaryl/α,β-unsaturated/α-hetero) is 2. The van der Waals surface area contributed by atoms with Crippen LogP contribution >= 0.6 is 0 Å². The van der Waals surface area contributed by atoms with Crippen molar-refractivity contribution < 1.29 is 72.6 Å². The monoisotopic (exact) mass is 895 g/mol. The van der Waals surface area contributed by atoms with Gasteiger partial charge in [0.1, 0.15) is 23.9 Å². The van der Waals surface area contributed by atoms with E-state index >= 15 is 4.79 Å². The number of ether oxygens (including phenoxy) is 5. The van der Waals surface area contributed by atoms with E-state index in [9.17, 15) is 44.1 Å². The normalized spacial score (nSPS) is 30.9. The van der Waals surface area contributed by atoms with Gasteiger partial charge in [0.2, 0.25) is 0 Å². The van der Waals surface area contributed by atoms with Crippen molar-refractivity contribution in [3.05, 3.63) is 118 Å². The Hall–Kier alpha value is -6.07. The molecule has 65 heavy (non-hydrogen) atoms. The first kappa shape index (κ1) is 46.9. The lowest BCUT2D eigenvalue weighted by molar-refractivity contribution is -0.346. The lowest BCUT2D eigenvalue weighted by Gasteiger charge is -2.67. The lowest BCUT2D eigenvalue weighted by Crippen LogP contribution is -2.82. The van der Waals surface area contributed by atoms with Crippen LogP contribution in [0, 0.1) is 16.7 Å². The summed E-state index contributed by atoms with van der Waals surface area (Å²) in [7, 11) is 0. The van der Waals surface area contributed by atoms with Gasteiger partial charge in [-0.3, -0.25) is 24.0 Å². The van der Waals surface area contributed by atoms with Gasteiger partial charge in [0, 0.05) is 43.2 Å². The van der Waals surface area contributed by atoms with Gasteiger partial charge in [0.25, 0.3) is 5.91 Å². The predicted molar refractivity (Wildman–Crippen MR) is 228 cm³/mol. The molecule has 2 saturated carbocycles. The zero-order valence-corrected chi connectivity index (χ0v) is 37.1. The van der Waals surface area contributed by atoms with Crippen LogP contribution in [0.15, 0.2) is 96.1 Å². The molecular weight excluding hydrogens is 843 g/mol. The Morgan fingerprint density at radius 3 is 1.95 bits per heavy atom. The highest BCUT2D eigenvalue weighted by molar-refractivity contribution is 5.98. The fraction of sp³-hybridized carbons (Fsp3) is 0.449. The second-order valence-corrected chi connectivity index (χ2v) is 18.1. The Balaban J connectivity index is 1.36. The number of esters is 4. The Bertz CT molecular complexity index is 2430. The number of benzene rings is 3. The average molecular weight is 896 g/mol. The number of hydrogen-bond acceptors (Lipinski definition) is 15. The van der Waals surface area contributed by atoms with Crippen molar-refractivity contribution in [3.63, 3.8) is 0 Å². The highest BCUT2D eigenvalue weighted by atomic mass is 16.6. The molecule has 344 valence electrons. The number of carbonyl (C=O) groups is 7. The van der Waals surface area contributed by atoms with Crippen molar-refractivity contribution >= 4 is 41.4 Å². The van der Waals surface area contributed by atoms with E-state index in [1.54, 1.807) is 62.4 Å². The highest BCUT2D eigenvalue weighted by Gasteiger charge is 2.78. The first-order chi connectivity index (χ1) is 30.6. The molecule has 11 atom stereocenters. The number of carbonyl (C=O) groups excluding carboxylic acids is 7. The van der Waals surface area contributed by atoms with Gasteiger partial charge in [-0.05, 0) is 61.7 Å². The summed E-state index contributed by atoms with van der Waals surface area (Å²) in [5, 5.41) is 40.3. The van der Waals surface area contributed by atoms with E-state index in [1.807, 2.05) is 0 Å². The van der Waals surface area contributed by atoms with Crippen molar-refractivity contribution in [3.8, 4) is 0 Å². The molecule has 1 saturated heterocycles. The van der Waals surface area contributed by atoms with Gasteiger partial charge in [-0.25, -0.2) is 9.59 Å². The van der Waals surface area contributed by atoms with Crippen LogP contribution < -0.4 is 5.32 Å².